The summed E-state index contributed by atoms with van der Waals surface area (Å²) in [6, 6.07) is 18.6. The second kappa shape index (κ2) is 17.2. The van der Waals surface area contributed by atoms with E-state index in [1.807, 2.05) is 36.4 Å². The molecule has 0 bridgehead atoms. The molecule has 1 fully saturated rings. The van der Waals surface area contributed by atoms with E-state index in [1.165, 1.54) is 6.92 Å². The molecule has 5 amide bonds. The molecule has 0 spiro atoms. The summed E-state index contributed by atoms with van der Waals surface area (Å²) in [6.07, 6.45) is 3.62. The van der Waals surface area contributed by atoms with Crippen molar-refractivity contribution >= 4 is 46.3 Å². The number of aryl methyl sites for hydroxylation is 1. The highest BCUT2D eigenvalue weighted by atomic mass is 16.4. The van der Waals surface area contributed by atoms with E-state index in [4.69, 9.17) is 10.8 Å². The van der Waals surface area contributed by atoms with Crippen LogP contribution >= 0.6 is 0 Å². The van der Waals surface area contributed by atoms with Crippen molar-refractivity contribution in [2.24, 2.45) is 5.73 Å². The molecule has 3 aromatic carbocycles. The maximum atomic E-state index is 13.9. The van der Waals surface area contributed by atoms with Crippen LogP contribution in [0.1, 0.15) is 68.6 Å². The predicted molar refractivity (Wildman–Crippen MR) is 184 cm³/mol. The molecule has 49 heavy (non-hydrogen) atoms. The molecule has 0 unspecified atom stereocenters. The molecule has 1 aliphatic rings. The third kappa shape index (κ3) is 10.6. The number of amides is 5. The monoisotopic (exact) mass is 671 g/mol. The van der Waals surface area contributed by atoms with Crippen molar-refractivity contribution in [2.75, 3.05) is 6.54 Å². The normalized spacial score (nSPS) is 15.0. The molecule has 0 aromatic heterocycles. The minimum absolute atomic E-state index is 0.0992. The first-order valence-corrected chi connectivity index (χ1v) is 16.7. The molecular weight excluding hydrogens is 626 g/mol. The number of fused-ring (bicyclic) bond motifs is 1. The molecule has 2 atom stereocenters. The number of rotatable bonds is 16. The SMILES string of the molecule is CC(=O)N[C@H](Cc1ccc(CC(=O)O)cc1)C(=O)NC1(C(=O)N[C@@H](CC(N)=O)C(=O)NCCCc2cccc3ccccc23)CCCCC1. The summed E-state index contributed by atoms with van der Waals surface area (Å²) in [5, 5.41) is 22.4. The number of primary amides is 1. The van der Waals surface area contributed by atoms with E-state index in [9.17, 15) is 28.8 Å². The van der Waals surface area contributed by atoms with Crippen molar-refractivity contribution < 1.29 is 33.9 Å². The lowest BCUT2D eigenvalue weighted by atomic mass is 9.80. The van der Waals surface area contributed by atoms with Gasteiger partial charge in [0.15, 0.2) is 0 Å². The maximum absolute atomic E-state index is 13.9. The number of benzene rings is 3. The van der Waals surface area contributed by atoms with Gasteiger partial charge in [0.1, 0.15) is 17.6 Å². The zero-order valence-corrected chi connectivity index (χ0v) is 27.8. The third-order valence-electron chi connectivity index (χ3n) is 8.85. The fraction of sp³-hybridized carbons (Fsp3) is 0.405. The van der Waals surface area contributed by atoms with E-state index in [2.05, 4.69) is 27.3 Å². The van der Waals surface area contributed by atoms with Crippen LogP contribution in [0.2, 0.25) is 0 Å². The van der Waals surface area contributed by atoms with Crippen molar-refractivity contribution in [1.82, 2.24) is 21.3 Å². The first-order valence-electron chi connectivity index (χ1n) is 16.7. The van der Waals surface area contributed by atoms with Crippen LogP contribution in [0.3, 0.4) is 0 Å². The lowest BCUT2D eigenvalue weighted by Gasteiger charge is -2.38. The number of carboxylic acids is 1. The van der Waals surface area contributed by atoms with Crippen LogP contribution in [0.25, 0.3) is 10.8 Å². The highest BCUT2D eigenvalue weighted by Crippen LogP contribution is 2.29. The summed E-state index contributed by atoms with van der Waals surface area (Å²) in [5.74, 6) is -3.90. The summed E-state index contributed by atoms with van der Waals surface area (Å²) in [5.41, 5.74) is 6.52. The topological polar surface area (TPSA) is 197 Å². The molecular formula is C37H45N5O7. The number of nitrogens with two attached hydrogens (primary N) is 1. The van der Waals surface area contributed by atoms with Crippen molar-refractivity contribution in [3.8, 4) is 0 Å². The van der Waals surface area contributed by atoms with Crippen molar-refractivity contribution in [2.45, 2.75) is 88.8 Å². The van der Waals surface area contributed by atoms with Crippen LogP contribution in [-0.4, -0.2) is 64.8 Å². The Balaban J connectivity index is 1.42. The number of carbonyl (C=O) groups excluding carboxylic acids is 5. The van der Waals surface area contributed by atoms with Gasteiger partial charge in [-0.15, -0.1) is 0 Å². The summed E-state index contributed by atoms with van der Waals surface area (Å²) < 4.78 is 0. The van der Waals surface area contributed by atoms with Gasteiger partial charge >= 0.3 is 5.97 Å². The van der Waals surface area contributed by atoms with Crippen LogP contribution < -0.4 is 27.0 Å². The standard InChI is InChI=1S/C37H45N5O7/c1-24(43)40-30(21-25-14-16-26(17-15-25)22-33(45)46)35(48)42-37(18-5-2-6-19-37)36(49)41-31(23-32(38)44)34(47)39-20-8-12-28-11-7-10-27-9-3-4-13-29(27)28/h3-4,7,9-11,13-17,30-31H,2,5-6,8,12,18-23H2,1H3,(H2,38,44)(H,39,47)(H,40,43)(H,41,49)(H,42,48)(H,45,46)/t30-,31+/m1/s1. The van der Waals surface area contributed by atoms with Gasteiger partial charge in [0.05, 0.1) is 12.8 Å². The summed E-state index contributed by atoms with van der Waals surface area (Å²) >= 11 is 0. The molecule has 0 heterocycles. The Labute approximate surface area is 285 Å². The van der Waals surface area contributed by atoms with Gasteiger partial charge in [-0.1, -0.05) is 86.0 Å². The number of hydrogen-bond donors (Lipinski definition) is 6. The first-order chi connectivity index (χ1) is 23.5. The summed E-state index contributed by atoms with van der Waals surface area (Å²) in [4.78, 5) is 76.0. The van der Waals surface area contributed by atoms with Crippen molar-refractivity contribution in [3.05, 3.63) is 83.4 Å². The van der Waals surface area contributed by atoms with E-state index in [0.717, 1.165) is 22.8 Å². The van der Waals surface area contributed by atoms with Crippen LogP contribution in [0.5, 0.6) is 0 Å². The third-order valence-corrected chi connectivity index (χ3v) is 8.85. The fourth-order valence-corrected chi connectivity index (χ4v) is 6.38. The zero-order valence-electron chi connectivity index (χ0n) is 27.8. The van der Waals surface area contributed by atoms with E-state index < -0.39 is 59.5 Å². The molecule has 3 aromatic rings. The molecule has 12 heteroatoms. The smallest absolute Gasteiger partial charge is 0.307 e. The van der Waals surface area contributed by atoms with E-state index >= 15 is 0 Å². The lowest BCUT2D eigenvalue weighted by Crippen LogP contribution is -2.65. The quantitative estimate of drug-likeness (QED) is 0.126. The van der Waals surface area contributed by atoms with Gasteiger partial charge in [-0.2, -0.15) is 0 Å². The second-order valence-electron chi connectivity index (χ2n) is 12.7. The second-order valence-corrected chi connectivity index (χ2v) is 12.7. The van der Waals surface area contributed by atoms with Gasteiger partial charge in [-0.3, -0.25) is 28.8 Å². The molecule has 260 valence electrons. The highest BCUT2D eigenvalue weighted by molar-refractivity contribution is 5.98. The molecule has 4 rings (SSSR count). The molecule has 1 aliphatic carbocycles. The van der Waals surface area contributed by atoms with Crippen molar-refractivity contribution in [3.63, 3.8) is 0 Å². The molecule has 0 saturated heterocycles. The van der Waals surface area contributed by atoms with Crippen molar-refractivity contribution in [1.29, 1.82) is 0 Å². The number of aliphatic carboxylic acids is 1. The molecule has 0 radical (unpaired) electrons. The predicted octanol–water partition coefficient (Wildman–Crippen LogP) is 2.44. The minimum atomic E-state index is -1.37. The Morgan fingerprint density at radius 2 is 1.49 bits per heavy atom. The largest absolute Gasteiger partial charge is 0.481 e. The fourth-order valence-electron chi connectivity index (χ4n) is 6.38. The molecule has 1 saturated carbocycles. The average Bonchev–Trinajstić information content (AvgIpc) is 3.06. The van der Waals surface area contributed by atoms with Gasteiger partial charge in [-0.05, 0) is 53.1 Å². The zero-order chi connectivity index (χ0) is 35.4. The lowest BCUT2D eigenvalue weighted by molar-refractivity contribution is -0.139. The average molecular weight is 672 g/mol. The Kier molecular flexibility index (Phi) is 12.9. The van der Waals surface area contributed by atoms with E-state index in [-0.39, 0.29) is 12.8 Å². The Hall–Kier alpha value is -5.26. The Bertz CT molecular complexity index is 1660. The number of hydrogen-bond acceptors (Lipinski definition) is 6. The molecule has 12 nitrogen and oxygen atoms in total. The van der Waals surface area contributed by atoms with Crippen LogP contribution in [0.15, 0.2) is 66.7 Å². The first kappa shape index (κ1) is 36.6. The van der Waals surface area contributed by atoms with Crippen LogP contribution in [0.4, 0.5) is 0 Å². The van der Waals surface area contributed by atoms with Gasteiger partial charge in [0, 0.05) is 19.9 Å². The van der Waals surface area contributed by atoms with Gasteiger partial charge in [-0.25, -0.2) is 0 Å². The minimum Gasteiger partial charge on any atom is -0.481 e. The van der Waals surface area contributed by atoms with E-state index in [1.54, 1.807) is 24.3 Å². The summed E-state index contributed by atoms with van der Waals surface area (Å²) in [6.45, 7) is 1.60. The Morgan fingerprint density at radius 1 is 0.816 bits per heavy atom. The number of nitrogens with one attached hydrogen (secondary N) is 4. The molecule has 0 aliphatic heterocycles. The summed E-state index contributed by atoms with van der Waals surface area (Å²) in [7, 11) is 0. The van der Waals surface area contributed by atoms with Crippen LogP contribution in [0, 0.1) is 0 Å². The molecule has 7 N–H and O–H groups in total. The number of carboxylic acid groups (broad SMARTS) is 1. The number of carbonyl (C=O) groups is 6. The van der Waals surface area contributed by atoms with Gasteiger partial charge in [0.2, 0.25) is 29.5 Å². The van der Waals surface area contributed by atoms with E-state index in [0.29, 0.717) is 56.2 Å². The van der Waals surface area contributed by atoms with Gasteiger partial charge < -0.3 is 32.1 Å². The highest BCUT2D eigenvalue weighted by Gasteiger charge is 2.43. The Morgan fingerprint density at radius 3 is 2.16 bits per heavy atom. The maximum Gasteiger partial charge on any atom is 0.307 e. The van der Waals surface area contributed by atoms with Gasteiger partial charge in [0.25, 0.3) is 0 Å². The van der Waals surface area contributed by atoms with Crippen LogP contribution in [-0.2, 0) is 48.0 Å².